The predicted octanol–water partition coefficient (Wildman–Crippen LogP) is 4.06. The zero-order valence-electron chi connectivity index (χ0n) is 16.3. The summed E-state index contributed by atoms with van der Waals surface area (Å²) in [6.45, 7) is 4.43. The molecule has 1 unspecified atom stereocenters. The Bertz CT molecular complexity index is 821. The largest absolute Gasteiger partial charge is 0.416 e. The molecule has 5 nitrogen and oxygen atoms in total. The first kappa shape index (κ1) is 21.6. The van der Waals surface area contributed by atoms with Crippen molar-refractivity contribution < 1.29 is 22.7 Å². The highest BCUT2D eigenvalue weighted by Crippen LogP contribution is 2.36. The molecule has 2 heterocycles. The number of hydrogen-bond donors (Lipinski definition) is 1. The van der Waals surface area contributed by atoms with Gasteiger partial charge < -0.3 is 15.0 Å². The van der Waals surface area contributed by atoms with Crippen molar-refractivity contribution in [1.82, 2.24) is 4.90 Å². The molecule has 1 atom stereocenters. The topological polar surface area (TPSA) is 44.8 Å². The smallest absolute Gasteiger partial charge is 0.378 e. The Balaban J connectivity index is 1.80. The first-order chi connectivity index (χ1) is 13.8. The van der Waals surface area contributed by atoms with Crippen LogP contribution in [0.3, 0.4) is 0 Å². The van der Waals surface area contributed by atoms with E-state index < -0.39 is 17.8 Å². The Morgan fingerprint density at radius 3 is 2.66 bits per heavy atom. The van der Waals surface area contributed by atoms with Crippen LogP contribution in [0, 0.1) is 0 Å². The van der Waals surface area contributed by atoms with Crippen molar-refractivity contribution >= 4 is 28.6 Å². The summed E-state index contributed by atoms with van der Waals surface area (Å²) >= 11 is 1.59. The lowest BCUT2D eigenvalue weighted by molar-refractivity contribution is -0.137. The van der Waals surface area contributed by atoms with Crippen LogP contribution in [-0.2, 0) is 22.3 Å². The van der Waals surface area contributed by atoms with Crippen LogP contribution in [0.25, 0.3) is 0 Å². The molecule has 1 aliphatic rings. The van der Waals surface area contributed by atoms with Crippen LogP contribution in [0.15, 0.2) is 35.7 Å². The molecule has 0 radical (unpaired) electrons. The van der Waals surface area contributed by atoms with Crippen LogP contribution in [0.5, 0.6) is 0 Å². The Kier molecular flexibility index (Phi) is 6.81. The summed E-state index contributed by atoms with van der Waals surface area (Å²) in [5, 5.41) is 4.68. The van der Waals surface area contributed by atoms with Gasteiger partial charge in [0.1, 0.15) is 0 Å². The van der Waals surface area contributed by atoms with Crippen molar-refractivity contribution in [3.8, 4) is 0 Å². The molecule has 0 spiro atoms. The lowest BCUT2D eigenvalue weighted by Gasteiger charge is -2.31. The quantitative estimate of drug-likeness (QED) is 0.755. The number of halogens is 3. The van der Waals surface area contributed by atoms with Gasteiger partial charge in [0, 0.05) is 24.5 Å². The number of rotatable bonds is 6. The summed E-state index contributed by atoms with van der Waals surface area (Å²) in [4.78, 5) is 17.7. The van der Waals surface area contributed by atoms with E-state index in [1.165, 1.54) is 6.07 Å². The van der Waals surface area contributed by atoms with E-state index in [4.69, 9.17) is 4.74 Å². The maximum absolute atomic E-state index is 13.2. The molecule has 0 saturated carbocycles. The van der Waals surface area contributed by atoms with Crippen LogP contribution in [0.2, 0.25) is 0 Å². The lowest BCUT2D eigenvalue weighted by Crippen LogP contribution is -2.40. The zero-order chi connectivity index (χ0) is 21.0. The molecule has 1 N–H and O–H groups in total. The molecule has 3 rings (SSSR count). The van der Waals surface area contributed by atoms with Gasteiger partial charge in [0.05, 0.1) is 36.2 Å². The van der Waals surface area contributed by atoms with Crippen molar-refractivity contribution in [2.24, 2.45) is 0 Å². The average molecular weight is 427 g/mol. The number of nitrogens with one attached hydrogen (secondary N) is 1. The number of benzene rings is 1. The van der Waals surface area contributed by atoms with Gasteiger partial charge in [-0.15, -0.1) is 11.3 Å². The number of carbonyl (C=O) groups excluding carboxylic acids is 1. The first-order valence-corrected chi connectivity index (χ1v) is 10.2. The second-order valence-electron chi connectivity index (χ2n) is 6.99. The van der Waals surface area contributed by atoms with E-state index in [2.05, 4.69) is 5.32 Å². The van der Waals surface area contributed by atoms with Crippen LogP contribution >= 0.6 is 11.3 Å². The highest BCUT2D eigenvalue weighted by atomic mass is 32.1. The average Bonchev–Trinajstić information content (AvgIpc) is 3.20. The number of amides is 1. The van der Waals surface area contributed by atoms with Gasteiger partial charge in [-0.05, 0) is 43.6 Å². The minimum atomic E-state index is -4.48. The molecule has 1 fully saturated rings. The van der Waals surface area contributed by atoms with E-state index in [1.54, 1.807) is 18.3 Å². The molecule has 1 aromatic carbocycles. The van der Waals surface area contributed by atoms with E-state index in [0.717, 1.165) is 17.0 Å². The number of ether oxygens (including phenoxy) is 1. The number of thiophene rings is 1. The molecular formula is C20H24F3N3O2S. The third kappa shape index (κ3) is 5.49. The second kappa shape index (κ2) is 9.15. The van der Waals surface area contributed by atoms with Gasteiger partial charge >= 0.3 is 6.18 Å². The van der Waals surface area contributed by atoms with Crippen LogP contribution in [0.1, 0.15) is 17.4 Å². The molecule has 29 heavy (non-hydrogen) atoms. The van der Waals surface area contributed by atoms with Crippen molar-refractivity contribution in [2.75, 3.05) is 43.6 Å². The van der Waals surface area contributed by atoms with Gasteiger partial charge in [-0.25, -0.2) is 0 Å². The molecule has 1 amide bonds. The van der Waals surface area contributed by atoms with E-state index in [0.29, 0.717) is 38.5 Å². The van der Waals surface area contributed by atoms with Gasteiger partial charge in [-0.3, -0.25) is 9.69 Å². The van der Waals surface area contributed by atoms with Crippen LogP contribution in [0.4, 0.5) is 24.5 Å². The highest BCUT2D eigenvalue weighted by molar-refractivity contribution is 7.09. The van der Waals surface area contributed by atoms with Crippen molar-refractivity contribution in [3.05, 3.63) is 46.2 Å². The normalized spacial score (nSPS) is 16.1. The summed E-state index contributed by atoms with van der Waals surface area (Å²) in [5.74, 6) is -0.349. The highest BCUT2D eigenvalue weighted by Gasteiger charge is 2.32. The van der Waals surface area contributed by atoms with Crippen molar-refractivity contribution in [3.63, 3.8) is 0 Å². The van der Waals surface area contributed by atoms with E-state index in [9.17, 15) is 18.0 Å². The maximum atomic E-state index is 13.2. The fourth-order valence-electron chi connectivity index (χ4n) is 3.12. The van der Waals surface area contributed by atoms with Crippen LogP contribution in [-0.4, -0.2) is 50.2 Å². The van der Waals surface area contributed by atoms with E-state index in [1.807, 2.05) is 34.4 Å². The molecule has 1 aromatic heterocycles. The number of anilines is 2. The number of carbonyl (C=O) groups is 1. The lowest BCUT2D eigenvalue weighted by atomic mass is 10.1. The molecule has 0 bridgehead atoms. The molecular weight excluding hydrogens is 403 g/mol. The number of alkyl halides is 3. The molecule has 0 aliphatic carbocycles. The second-order valence-corrected chi connectivity index (χ2v) is 8.02. The number of nitrogens with zero attached hydrogens (tertiary/aromatic N) is 2. The van der Waals surface area contributed by atoms with Crippen molar-refractivity contribution in [1.29, 1.82) is 0 Å². The summed E-state index contributed by atoms with van der Waals surface area (Å²) in [6, 6.07) is 6.89. The van der Waals surface area contributed by atoms with Gasteiger partial charge in [0.2, 0.25) is 5.91 Å². The molecule has 1 saturated heterocycles. The summed E-state index contributed by atoms with van der Waals surface area (Å²) in [5.41, 5.74) is -0.0461. The minimum Gasteiger partial charge on any atom is -0.378 e. The summed E-state index contributed by atoms with van der Waals surface area (Å²) < 4.78 is 45.0. The maximum Gasteiger partial charge on any atom is 0.416 e. The predicted molar refractivity (Wildman–Crippen MR) is 108 cm³/mol. The monoisotopic (exact) mass is 427 g/mol. The fourth-order valence-corrected chi connectivity index (χ4v) is 3.88. The van der Waals surface area contributed by atoms with Crippen molar-refractivity contribution in [2.45, 2.75) is 25.7 Å². The molecule has 9 heteroatoms. The van der Waals surface area contributed by atoms with E-state index >= 15 is 0 Å². The Hall–Kier alpha value is -2.10. The number of hydrogen-bond acceptors (Lipinski definition) is 5. The summed E-state index contributed by atoms with van der Waals surface area (Å²) in [6.07, 6.45) is -4.48. The standard InChI is InChI=1S/C20H24F3N3O2S/c1-14(25(2)13-16-4-3-11-29-16)19(27)24-17-12-15(20(21,22)23)5-6-18(17)26-7-9-28-10-8-26/h3-6,11-12,14H,7-10,13H2,1-2H3,(H,24,27). The molecule has 1 aliphatic heterocycles. The minimum absolute atomic E-state index is 0.170. The third-order valence-electron chi connectivity index (χ3n) is 4.96. The fraction of sp³-hybridized carbons (Fsp3) is 0.450. The van der Waals surface area contributed by atoms with E-state index in [-0.39, 0.29) is 11.6 Å². The SMILES string of the molecule is CC(C(=O)Nc1cc(C(F)(F)F)ccc1N1CCOCC1)N(C)Cc1cccs1. The number of morpholine rings is 1. The Morgan fingerprint density at radius 2 is 2.03 bits per heavy atom. The molecule has 2 aromatic rings. The van der Waals surface area contributed by atoms with Gasteiger partial charge in [0.15, 0.2) is 0 Å². The Morgan fingerprint density at radius 1 is 1.31 bits per heavy atom. The molecule has 158 valence electrons. The zero-order valence-corrected chi connectivity index (χ0v) is 17.1. The third-order valence-corrected chi connectivity index (χ3v) is 5.82. The van der Waals surface area contributed by atoms with Gasteiger partial charge in [-0.1, -0.05) is 6.07 Å². The Labute approximate surface area is 172 Å². The van der Waals surface area contributed by atoms with Gasteiger partial charge in [-0.2, -0.15) is 13.2 Å². The summed E-state index contributed by atoms with van der Waals surface area (Å²) in [7, 11) is 1.82. The number of likely N-dealkylation sites (N-methyl/N-ethyl adjacent to an activating group) is 1. The van der Waals surface area contributed by atoms with Gasteiger partial charge in [0.25, 0.3) is 0 Å². The first-order valence-electron chi connectivity index (χ1n) is 9.33. The van der Waals surface area contributed by atoms with Crippen LogP contribution < -0.4 is 10.2 Å².